The van der Waals surface area contributed by atoms with E-state index >= 15 is 0 Å². The summed E-state index contributed by atoms with van der Waals surface area (Å²) in [6.07, 6.45) is 3.07. The monoisotopic (exact) mass is 482 g/mol. The molecular formula is C26H42O6S. The van der Waals surface area contributed by atoms with Crippen LogP contribution in [0.25, 0.3) is 0 Å². The Morgan fingerprint density at radius 1 is 1.03 bits per heavy atom. The maximum atomic E-state index is 12.8. The molecule has 1 rings (SSSR count). The molecule has 2 unspecified atom stereocenters. The van der Waals surface area contributed by atoms with Crippen molar-refractivity contribution in [1.29, 1.82) is 0 Å². The molecule has 188 valence electrons. The summed E-state index contributed by atoms with van der Waals surface area (Å²) in [5.41, 5.74) is 2.56. The van der Waals surface area contributed by atoms with Gasteiger partial charge in [0.15, 0.2) is 0 Å². The van der Waals surface area contributed by atoms with Gasteiger partial charge in [-0.15, -0.1) is 0 Å². The quantitative estimate of drug-likeness (QED) is 0.279. The van der Waals surface area contributed by atoms with Gasteiger partial charge in [0.1, 0.15) is 12.2 Å². The zero-order valence-electron chi connectivity index (χ0n) is 20.9. The van der Waals surface area contributed by atoms with E-state index < -0.39 is 28.9 Å². The molecular weight excluding hydrogens is 440 g/mol. The summed E-state index contributed by atoms with van der Waals surface area (Å²) in [4.78, 5) is 0. The van der Waals surface area contributed by atoms with E-state index in [1.165, 1.54) is 0 Å². The van der Waals surface area contributed by atoms with Gasteiger partial charge < -0.3 is 14.9 Å². The highest BCUT2D eigenvalue weighted by atomic mass is 32.2. The third-order valence-corrected chi connectivity index (χ3v) is 6.40. The zero-order valence-corrected chi connectivity index (χ0v) is 21.7. The molecule has 1 aromatic rings. The highest BCUT2D eigenvalue weighted by Gasteiger charge is 2.26. The first kappa shape index (κ1) is 29.5. The van der Waals surface area contributed by atoms with Crippen LogP contribution in [0.15, 0.2) is 53.6 Å². The van der Waals surface area contributed by atoms with Gasteiger partial charge in [0.05, 0.1) is 25.6 Å². The Morgan fingerprint density at radius 2 is 1.67 bits per heavy atom. The molecule has 0 fully saturated rings. The van der Waals surface area contributed by atoms with E-state index in [2.05, 4.69) is 33.8 Å². The van der Waals surface area contributed by atoms with E-state index in [1.807, 2.05) is 26.0 Å². The van der Waals surface area contributed by atoms with Crippen molar-refractivity contribution in [2.45, 2.75) is 60.2 Å². The maximum Gasteiger partial charge on any atom is 0.271 e. The Morgan fingerprint density at radius 3 is 2.18 bits per heavy atom. The van der Waals surface area contributed by atoms with Gasteiger partial charge >= 0.3 is 0 Å². The van der Waals surface area contributed by atoms with Crippen molar-refractivity contribution in [3.8, 4) is 0 Å². The second kappa shape index (κ2) is 14.7. The highest BCUT2D eigenvalue weighted by Crippen LogP contribution is 2.24. The summed E-state index contributed by atoms with van der Waals surface area (Å²) in [5.74, 6) is 0.586. The lowest BCUT2D eigenvalue weighted by molar-refractivity contribution is -0.0632. The molecule has 0 radical (unpaired) electrons. The van der Waals surface area contributed by atoms with Gasteiger partial charge in [-0.3, -0.25) is 4.18 Å². The molecule has 7 heteroatoms. The fourth-order valence-electron chi connectivity index (χ4n) is 3.18. The standard InChI is InChI=1S/C26H42O6S/c1-19(2)12-13-23(20(3)4)16-24(21(5)6)18-33(29,30)32-17-25(28)26(31-15-14-27)22-10-8-7-9-11-22/h7-11,13,16,19-21,25-28H,12,14-15,17-18H2,1-6H3/b23-13+,24-16+. The van der Waals surface area contributed by atoms with Gasteiger partial charge in [0.2, 0.25) is 0 Å². The van der Waals surface area contributed by atoms with Crippen LogP contribution >= 0.6 is 0 Å². The predicted molar refractivity (Wildman–Crippen MR) is 133 cm³/mol. The van der Waals surface area contributed by atoms with Crippen LogP contribution in [-0.2, 0) is 19.0 Å². The Labute approximate surface area is 200 Å². The van der Waals surface area contributed by atoms with Crippen molar-refractivity contribution >= 4 is 10.1 Å². The molecule has 0 bridgehead atoms. The average Bonchev–Trinajstić information content (AvgIpc) is 2.74. The molecule has 0 heterocycles. The summed E-state index contributed by atoms with van der Waals surface area (Å²) in [6.45, 7) is 11.8. The Kier molecular flexibility index (Phi) is 13.1. The number of allylic oxidation sites excluding steroid dienone is 3. The van der Waals surface area contributed by atoms with Crippen LogP contribution in [0.2, 0.25) is 0 Å². The van der Waals surface area contributed by atoms with E-state index in [4.69, 9.17) is 14.0 Å². The van der Waals surface area contributed by atoms with Crippen LogP contribution in [0, 0.1) is 17.8 Å². The summed E-state index contributed by atoms with van der Waals surface area (Å²) in [5, 5.41) is 19.7. The molecule has 0 aliphatic carbocycles. The molecule has 0 saturated heterocycles. The second-order valence-electron chi connectivity index (χ2n) is 9.34. The van der Waals surface area contributed by atoms with Crippen molar-refractivity contribution in [2.75, 3.05) is 25.6 Å². The van der Waals surface area contributed by atoms with Crippen molar-refractivity contribution in [2.24, 2.45) is 17.8 Å². The topological polar surface area (TPSA) is 93.1 Å². The van der Waals surface area contributed by atoms with Crippen LogP contribution in [0.1, 0.15) is 59.6 Å². The van der Waals surface area contributed by atoms with Crippen molar-refractivity contribution in [3.63, 3.8) is 0 Å². The van der Waals surface area contributed by atoms with E-state index in [-0.39, 0.29) is 30.8 Å². The van der Waals surface area contributed by atoms with Gasteiger partial charge in [-0.1, -0.05) is 89.6 Å². The van der Waals surface area contributed by atoms with Gasteiger partial charge in [0.25, 0.3) is 10.1 Å². The summed E-state index contributed by atoms with van der Waals surface area (Å²) in [6, 6.07) is 8.98. The number of ether oxygens (including phenoxy) is 1. The third-order valence-electron chi connectivity index (χ3n) is 5.21. The molecule has 0 amide bonds. The van der Waals surface area contributed by atoms with Gasteiger partial charge in [0, 0.05) is 0 Å². The van der Waals surface area contributed by atoms with Gasteiger partial charge in [-0.25, -0.2) is 0 Å². The number of hydrogen-bond acceptors (Lipinski definition) is 6. The molecule has 0 saturated carbocycles. The highest BCUT2D eigenvalue weighted by molar-refractivity contribution is 7.86. The smallest absolute Gasteiger partial charge is 0.271 e. The number of rotatable bonds is 15. The van der Waals surface area contributed by atoms with E-state index in [1.54, 1.807) is 24.3 Å². The van der Waals surface area contributed by atoms with E-state index in [0.717, 1.165) is 17.6 Å². The van der Waals surface area contributed by atoms with Gasteiger partial charge in [-0.05, 0) is 35.3 Å². The fourth-order valence-corrected chi connectivity index (χ4v) is 4.44. The van der Waals surface area contributed by atoms with Crippen molar-refractivity contribution in [1.82, 2.24) is 0 Å². The predicted octanol–water partition coefficient (Wildman–Crippen LogP) is 4.65. The van der Waals surface area contributed by atoms with Crippen molar-refractivity contribution < 1.29 is 27.6 Å². The Hall–Kier alpha value is -1.51. The minimum absolute atomic E-state index is 0.0182. The fraction of sp³-hybridized carbons (Fsp3) is 0.615. The molecule has 33 heavy (non-hydrogen) atoms. The van der Waals surface area contributed by atoms with Crippen molar-refractivity contribution in [3.05, 3.63) is 59.2 Å². The lowest BCUT2D eigenvalue weighted by Gasteiger charge is -2.23. The van der Waals surface area contributed by atoms with E-state index in [0.29, 0.717) is 11.5 Å². The van der Waals surface area contributed by atoms with Crippen LogP contribution in [0.3, 0.4) is 0 Å². The summed E-state index contributed by atoms with van der Waals surface area (Å²) in [7, 11) is -3.92. The van der Waals surface area contributed by atoms with Gasteiger partial charge in [-0.2, -0.15) is 8.42 Å². The first-order valence-electron chi connectivity index (χ1n) is 11.7. The van der Waals surface area contributed by atoms with E-state index in [9.17, 15) is 13.5 Å². The largest absolute Gasteiger partial charge is 0.394 e. The first-order valence-corrected chi connectivity index (χ1v) is 13.3. The maximum absolute atomic E-state index is 12.8. The molecule has 2 atom stereocenters. The molecule has 0 spiro atoms. The average molecular weight is 483 g/mol. The Balaban J connectivity index is 2.96. The van der Waals surface area contributed by atoms with Crippen LogP contribution in [-0.4, -0.2) is 50.3 Å². The lowest BCUT2D eigenvalue weighted by atomic mass is 9.94. The molecule has 1 aromatic carbocycles. The molecule has 0 aromatic heterocycles. The zero-order chi connectivity index (χ0) is 25.0. The normalized spacial score (nSPS) is 15.5. The number of aliphatic hydroxyl groups is 2. The van der Waals surface area contributed by atoms with Crippen LogP contribution < -0.4 is 0 Å². The molecule has 2 N–H and O–H groups in total. The first-order chi connectivity index (χ1) is 15.5. The minimum Gasteiger partial charge on any atom is -0.394 e. The third kappa shape index (κ3) is 11.5. The molecule has 0 aliphatic heterocycles. The summed E-state index contributed by atoms with van der Waals surface area (Å²) >= 11 is 0. The Bertz CT molecular complexity index is 841. The summed E-state index contributed by atoms with van der Waals surface area (Å²) < 4.78 is 36.3. The molecule has 6 nitrogen and oxygen atoms in total. The molecule has 0 aliphatic rings. The van der Waals surface area contributed by atoms with Crippen LogP contribution in [0.4, 0.5) is 0 Å². The van der Waals surface area contributed by atoms with Crippen LogP contribution in [0.5, 0.6) is 0 Å². The lowest BCUT2D eigenvalue weighted by Crippen LogP contribution is -2.29. The second-order valence-corrected chi connectivity index (χ2v) is 11.0. The SMILES string of the molecule is CC(C)C/C=C(\C=C(/CS(=O)(=O)OCC(O)C(OCCO)c1ccccc1)C(C)C)C(C)C. The number of benzene rings is 1. The minimum atomic E-state index is -3.92. The number of hydrogen-bond donors (Lipinski definition) is 2. The number of aliphatic hydroxyl groups excluding tert-OH is 2.